The fourth-order valence-electron chi connectivity index (χ4n) is 3.63. The van der Waals surface area contributed by atoms with Crippen LogP contribution in [0.4, 0.5) is 4.79 Å². The molecule has 1 aliphatic rings. The van der Waals surface area contributed by atoms with Gasteiger partial charge in [-0.15, -0.1) is 0 Å². The Morgan fingerprint density at radius 3 is 2.35 bits per heavy atom. The third-order valence-electron chi connectivity index (χ3n) is 5.56. The molecule has 2 aromatic rings. The van der Waals surface area contributed by atoms with Crippen molar-refractivity contribution in [2.45, 2.75) is 52.2 Å². The summed E-state index contributed by atoms with van der Waals surface area (Å²) in [5.41, 5.74) is 2.26. The highest BCUT2D eigenvalue weighted by molar-refractivity contribution is 5.87. The number of rotatable bonds is 9. The average Bonchev–Trinajstić information content (AvgIpc) is 3.13. The van der Waals surface area contributed by atoms with E-state index in [2.05, 4.69) is 6.92 Å². The number of hydrogen-bond donors (Lipinski definition) is 1. The molecule has 31 heavy (non-hydrogen) atoms. The maximum absolute atomic E-state index is 12.4. The fourth-order valence-corrected chi connectivity index (χ4v) is 3.63. The van der Waals surface area contributed by atoms with Crippen molar-refractivity contribution in [2.24, 2.45) is 0 Å². The molecule has 3 rings (SSSR count). The predicted molar refractivity (Wildman–Crippen MR) is 116 cm³/mol. The quantitative estimate of drug-likeness (QED) is 0.565. The average molecular weight is 427 g/mol. The summed E-state index contributed by atoms with van der Waals surface area (Å²) >= 11 is 0. The van der Waals surface area contributed by atoms with Crippen molar-refractivity contribution in [3.63, 3.8) is 0 Å². The van der Waals surface area contributed by atoms with Crippen LogP contribution in [-0.4, -0.2) is 41.2 Å². The first-order valence-corrected chi connectivity index (χ1v) is 9.89. The number of aromatic carboxylic acids is 1. The van der Waals surface area contributed by atoms with Gasteiger partial charge in [-0.25, -0.2) is 9.59 Å². The monoisotopic (exact) mass is 427 g/mol. The van der Waals surface area contributed by atoms with Crippen LogP contribution in [0.3, 0.4) is 0 Å². The van der Waals surface area contributed by atoms with Crippen molar-refractivity contribution in [1.82, 2.24) is 4.90 Å². The van der Waals surface area contributed by atoms with Crippen molar-refractivity contribution < 1.29 is 29.0 Å². The molecule has 0 unspecified atom stereocenters. The highest BCUT2D eigenvalue weighted by Crippen LogP contribution is 2.30. The van der Waals surface area contributed by atoms with Crippen molar-refractivity contribution in [3.05, 3.63) is 65.2 Å². The van der Waals surface area contributed by atoms with Gasteiger partial charge in [-0.05, 0) is 61.1 Å². The van der Waals surface area contributed by atoms with Crippen LogP contribution in [0.1, 0.15) is 67.6 Å². The number of nitrogens with zero attached hydrogens (tertiary/aromatic N) is 1. The molecule has 0 radical (unpaired) electrons. The SMILES string of the molecule is C.C[C@H](CC[C@H]1CN([C@@H](C)c2ccc(OC=O)cc2)C(=O)O1)c1ccc(C(=O)O)cc1. The Morgan fingerprint density at radius 2 is 1.77 bits per heavy atom. The van der Waals surface area contributed by atoms with Gasteiger partial charge in [0.2, 0.25) is 0 Å². The van der Waals surface area contributed by atoms with E-state index in [0.29, 0.717) is 18.8 Å². The van der Waals surface area contributed by atoms with Gasteiger partial charge in [-0.1, -0.05) is 38.6 Å². The number of benzene rings is 2. The summed E-state index contributed by atoms with van der Waals surface area (Å²) in [4.78, 5) is 35.4. The van der Waals surface area contributed by atoms with Gasteiger partial charge in [0, 0.05) is 0 Å². The molecule has 7 nitrogen and oxygen atoms in total. The van der Waals surface area contributed by atoms with Gasteiger partial charge in [0.15, 0.2) is 0 Å². The van der Waals surface area contributed by atoms with Gasteiger partial charge in [0.05, 0.1) is 18.2 Å². The zero-order chi connectivity index (χ0) is 21.7. The molecule has 1 amide bonds. The van der Waals surface area contributed by atoms with Crippen LogP contribution >= 0.6 is 0 Å². The minimum atomic E-state index is -0.938. The number of carbonyl (C=O) groups excluding carboxylic acids is 2. The summed E-state index contributed by atoms with van der Waals surface area (Å²) < 4.78 is 10.4. The Kier molecular flexibility index (Phi) is 8.19. The molecule has 0 aliphatic carbocycles. The van der Waals surface area contributed by atoms with E-state index in [9.17, 15) is 14.4 Å². The Balaban J connectivity index is 0.00000341. The number of carbonyl (C=O) groups is 3. The summed E-state index contributed by atoms with van der Waals surface area (Å²) in [6.45, 7) is 4.90. The normalized spacial score (nSPS) is 17.3. The molecule has 0 spiro atoms. The van der Waals surface area contributed by atoms with E-state index >= 15 is 0 Å². The summed E-state index contributed by atoms with van der Waals surface area (Å²) in [6.07, 6.45) is 1.03. The maximum atomic E-state index is 12.4. The first-order chi connectivity index (χ1) is 14.4. The standard InChI is InChI=1S/C23H25NO6.CH4/c1-15(17-4-6-19(7-5-17)22(26)27)3-10-21-13-24(23(28)30-21)16(2)18-8-11-20(12-9-18)29-14-25;/h4-9,11-12,14-16,21H,3,10,13H2,1-2H3,(H,26,27);1H4/t15-,16+,21+;/m1./s1. The van der Waals surface area contributed by atoms with Gasteiger partial charge in [-0.2, -0.15) is 0 Å². The second-order valence-corrected chi connectivity index (χ2v) is 7.52. The lowest BCUT2D eigenvalue weighted by atomic mass is 9.94. The molecule has 1 aliphatic heterocycles. The third kappa shape index (κ3) is 5.84. The first-order valence-electron chi connectivity index (χ1n) is 9.89. The number of hydrogen-bond acceptors (Lipinski definition) is 5. The maximum Gasteiger partial charge on any atom is 0.410 e. The highest BCUT2D eigenvalue weighted by Gasteiger charge is 2.34. The predicted octanol–water partition coefficient (Wildman–Crippen LogP) is 5.02. The number of amides is 1. The number of carboxylic acids is 1. The van der Waals surface area contributed by atoms with Crippen LogP contribution < -0.4 is 4.74 Å². The number of cyclic esters (lactones) is 1. The van der Waals surface area contributed by atoms with Gasteiger partial charge in [-0.3, -0.25) is 9.69 Å². The van der Waals surface area contributed by atoms with E-state index in [1.807, 2.05) is 31.2 Å². The van der Waals surface area contributed by atoms with Crippen LogP contribution in [0.2, 0.25) is 0 Å². The minimum Gasteiger partial charge on any atom is -0.478 e. The minimum absolute atomic E-state index is 0. The van der Waals surface area contributed by atoms with Crippen LogP contribution in [0.15, 0.2) is 48.5 Å². The molecule has 3 atom stereocenters. The molecule has 1 saturated heterocycles. The van der Waals surface area contributed by atoms with Gasteiger partial charge in [0.1, 0.15) is 11.9 Å². The molecular formula is C24H29NO6. The molecule has 1 N–H and O–H groups in total. The van der Waals surface area contributed by atoms with E-state index in [1.165, 1.54) is 0 Å². The van der Waals surface area contributed by atoms with Gasteiger partial charge < -0.3 is 14.6 Å². The van der Waals surface area contributed by atoms with Crippen LogP contribution in [0.5, 0.6) is 5.75 Å². The molecule has 2 aromatic carbocycles. The molecule has 0 aromatic heterocycles. The Morgan fingerprint density at radius 1 is 1.16 bits per heavy atom. The lowest BCUT2D eigenvalue weighted by molar-refractivity contribution is -0.120. The Hall–Kier alpha value is -3.35. The highest BCUT2D eigenvalue weighted by atomic mass is 16.6. The first kappa shape index (κ1) is 23.9. The van der Waals surface area contributed by atoms with Crippen LogP contribution in [0.25, 0.3) is 0 Å². The van der Waals surface area contributed by atoms with E-state index in [1.54, 1.807) is 29.2 Å². The van der Waals surface area contributed by atoms with E-state index in [0.717, 1.165) is 24.0 Å². The third-order valence-corrected chi connectivity index (χ3v) is 5.56. The van der Waals surface area contributed by atoms with Crippen molar-refractivity contribution in [2.75, 3.05) is 6.54 Å². The zero-order valence-corrected chi connectivity index (χ0v) is 17.0. The summed E-state index contributed by atoms with van der Waals surface area (Å²) in [6, 6.07) is 13.8. The smallest absolute Gasteiger partial charge is 0.410 e. The number of carboxylic acid groups (broad SMARTS) is 1. The molecular weight excluding hydrogens is 398 g/mol. The van der Waals surface area contributed by atoms with Crippen LogP contribution in [-0.2, 0) is 9.53 Å². The molecule has 1 heterocycles. The zero-order valence-electron chi connectivity index (χ0n) is 17.0. The summed E-state index contributed by atoms with van der Waals surface area (Å²) in [7, 11) is 0. The van der Waals surface area contributed by atoms with Crippen molar-refractivity contribution in [3.8, 4) is 5.75 Å². The lowest BCUT2D eigenvalue weighted by Crippen LogP contribution is -2.28. The summed E-state index contributed by atoms with van der Waals surface area (Å²) in [5.74, 6) is -0.260. The second kappa shape index (κ2) is 10.6. The molecule has 0 bridgehead atoms. The Bertz CT molecular complexity index is 893. The summed E-state index contributed by atoms with van der Waals surface area (Å²) in [5, 5.41) is 9.00. The van der Waals surface area contributed by atoms with E-state index in [-0.39, 0.29) is 37.1 Å². The second-order valence-electron chi connectivity index (χ2n) is 7.52. The van der Waals surface area contributed by atoms with Crippen molar-refractivity contribution in [1.29, 1.82) is 0 Å². The van der Waals surface area contributed by atoms with Crippen molar-refractivity contribution >= 4 is 18.5 Å². The Labute approximate surface area is 182 Å². The van der Waals surface area contributed by atoms with E-state index < -0.39 is 5.97 Å². The lowest BCUT2D eigenvalue weighted by Gasteiger charge is -2.22. The molecule has 7 heteroatoms. The van der Waals surface area contributed by atoms with Gasteiger partial charge >= 0.3 is 12.1 Å². The number of ether oxygens (including phenoxy) is 2. The van der Waals surface area contributed by atoms with Gasteiger partial charge in [0.25, 0.3) is 6.47 Å². The topological polar surface area (TPSA) is 93.1 Å². The van der Waals surface area contributed by atoms with E-state index in [4.69, 9.17) is 14.6 Å². The largest absolute Gasteiger partial charge is 0.478 e. The molecule has 1 fully saturated rings. The molecule has 166 valence electrons. The fraction of sp³-hybridized carbons (Fsp3) is 0.375. The molecule has 0 saturated carbocycles. The van der Waals surface area contributed by atoms with Crippen LogP contribution in [0, 0.1) is 0 Å².